The second-order valence-corrected chi connectivity index (χ2v) is 8.18. The average Bonchev–Trinajstić information content (AvgIpc) is 3.40. The van der Waals surface area contributed by atoms with Crippen LogP contribution in [0.5, 0.6) is 0 Å². The first-order valence-electron chi connectivity index (χ1n) is 11.0. The van der Waals surface area contributed by atoms with Crippen LogP contribution in [0.4, 0.5) is 5.69 Å². The standard InChI is InChI=1S/C28H24N2O3/c31-27(26(21-8-3-1-4-9-21)22-10-5-2-6-11-22)29-24-14-13-20-15-16-30(19-23(20)18-24)28(32)25-12-7-17-33-25/h1-14,17-18,26H,15-16,19H2,(H,29,31). The van der Waals surface area contributed by atoms with Crippen LogP contribution in [-0.4, -0.2) is 23.3 Å². The minimum atomic E-state index is -0.416. The second-order valence-electron chi connectivity index (χ2n) is 8.18. The number of nitrogens with one attached hydrogen (secondary N) is 1. The van der Waals surface area contributed by atoms with E-state index < -0.39 is 5.92 Å². The topological polar surface area (TPSA) is 62.6 Å². The molecule has 0 spiro atoms. The highest BCUT2D eigenvalue weighted by molar-refractivity contribution is 5.98. The van der Waals surface area contributed by atoms with E-state index in [2.05, 4.69) is 5.32 Å². The Hall–Kier alpha value is -4.12. The minimum Gasteiger partial charge on any atom is -0.459 e. The fourth-order valence-electron chi connectivity index (χ4n) is 4.36. The Kier molecular flexibility index (Phi) is 5.77. The molecule has 5 rings (SSSR count). The van der Waals surface area contributed by atoms with E-state index >= 15 is 0 Å². The third-order valence-corrected chi connectivity index (χ3v) is 6.03. The fraction of sp³-hybridized carbons (Fsp3) is 0.143. The van der Waals surface area contributed by atoms with E-state index in [1.54, 1.807) is 17.0 Å². The number of benzene rings is 3. The van der Waals surface area contributed by atoms with E-state index in [4.69, 9.17) is 4.42 Å². The van der Waals surface area contributed by atoms with Gasteiger partial charge in [0.05, 0.1) is 12.2 Å². The highest BCUT2D eigenvalue weighted by atomic mass is 16.3. The predicted molar refractivity (Wildman–Crippen MR) is 127 cm³/mol. The van der Waals surface area contributed by atoms with Crippen LogP contribution < -0.4 is 5.32 Å². The SMILES string of the molecule is O=C(Nc1ccc2c(c1)CN(C(=O)c1ccco1)CC2)C(c1ccccc1)c1ccccc1. The van der Waals surface area contributed by atoms with E-state index in [0.29, 0.717) is 18.8 Å². The van der Waals surface area contributed by atoms with E-state index in [-0.39, 0.29) is 11.8 Å². The number of fused-ring (bicyclic) bond motifs is 1. The van der Waals surface area contributed by atoms with Gasteiger partial charge in [0.1, 0.15) is 0 Å². The van der Waals surface area contributed by atoms with Crippen LogP contribution in [0, 0.1) is 0 Å². The molecular formula is C28H24N2O3. The van der Waals surface area contributed by atoms with Gasteiger partial charge in [-0.05, 0) is 52.9 Å². The lowest BCUT2D eigenvalue weighted by Gasteiger charge is -2.28. The summed E-state index contributed by atoms with van der Waals surface area (Å²) in [5.74, 6) is -0.281. The number of furan rings is 1. The first kappa shape index (κ1) is 20.8. The molecule has 0 atom stereocenters. The quantitative estimate of drug-likeness (QED) is 0.465. The first-order chi connectivity index (χ1) is 16.2. The Labute approximate surface area is 192 Å². The van der Waals surface area contributed by atoms with Crippen LogP contribution in [0.3, 0.4) is 0 Å². The molecule has 0 fully saturated rings. The summed E-state index contributed by atoms with van der Waals surface area (Å²) in [5.41, 5.74) is 4.83. The maximum atomic E-state index is 13.4. The Balaban J connectivity index is 1.37. The average molecular weight is 437 g/mol. The highest BCUT2D eigenvalue weighted by Crippen LogP contribution is 2.28. The number of anilines is 1. The third-order valence-electron chi connectivity index (χ3n) is 6.03. The molecule has 2 amide bonds. The monoisotopic (exact) mass is 436 g/mol. The van der Waals surface area contributed by atoms with Gasteiger partial charge in [0, 0.05) is 18.8 Å². The molecule has 5 heteroatoms. The van der Waals surface area contributed by atoms with Crippen molar-refractivity contribution in [3.8, 4) is 0 Å². The van der Waals surface area contributed by atoms with Crippen LogP contribution in [0.25, 0.3) is 0 Å². The Morgan fingerprint density at radius 2 is 1.52 bits per heavy atom. The van der Waals surface area contributed by atoms with E-state index in [1.165, 1.54) is 11.8 Å². The second kappa shape index (κ2) is 9.17. The van der Waals surface area contributed by atoms with Gasteiger partial charge in [-0.25, -0.2) is 0 Å². The molecule has 5 nitrogen and oxygen atoms in total. The van der Waals surface area contributed by atoms with Gasteiger partial charge < -0.3 is 14.6 Å². The number of amides is 2. The smallest absolute Gasteiger partial charge is 0.289 e. The van der Waals surface area contributed by atoms with Gasteiger partial charge >= 0.3 is 0 Å². The van der Waals surface area contributed by atoms with Crippen LogP contribution in [0.2, 0.25) is 0 Å². The molecule has 0 saturated carbocycles. The van der Waals surface area contributed by atoms with Crippen LogP contribution in [-0.2, 0) is 17.8 Å². The van der Waals surface area contributed by atoms with Crippen molar-refractivity contribution in [2.45, 2.75) is 18.9 Å². The number of carbonyl (C=O) groups excluding carboxylic acids is 2. The lowest BCUT2D eigenvalue weighted by atomic mass is 9.90. The zero-order chi connectivity index (χ0) is 22.6. The number of carbonyl (C=O) groups is 2. The fourth-order valence-corrected chi connectivity index (χ4v) is 4.36. The van der Waals surface area contributed by atoms with Crippen molar-refractivity contribution in [3.63, 3.8) is 0 Å². The van der Waals surface area contributed by atoms with Crippen LogP contribution in [0.15, 0.2) is 102 Å². The summed E-state index contributed by atoms with van der Waals surface area (Å²) in [6.45, 7) is 1.13. The number of nitrogens with zero attached hydrogens (tertiary/aromatic N) is 1. The molecule has 33 heavy (non-hydrogen) atoms. The summed E-state index contributed by atoms with van der Waals surface area (Å²) in [6, 6.07) is 28.9. The van der Waals surface area contributed by atoms with Crippen molar-refractivity contribution in [1.29, 1.82) is 0 Å². The van der Waals surface area contributed by atoms with Gasteiger partial charge in [-0.1, -0.05) is 66.7 Å². The molecule has 3 aromatic carbocycles. The summed E-state index contributed by atoms with van der Waals surface area (Å²) < 4.78 is 5.28. The molecular weight excluding hydrogens is 412 g/mol. The van der Waals surface area contributed by atoms with Gasteiger partial charge in [-0.3, -0.25) is 9.59 Å². The molecule has 0 bridgehead atoms. The summed E-state index contributed by atoms with van der Waals surface area (Å²) in [6.07, 6.45) is 2.28. The lowest BCUT2D eigenvalue weighted by molar-refractivity contribution is -0.116. The molecule has 0 unspecified atom stereocenters. The van der Waals surface area contributed by atoms with Crippen molar-refractivity contribution in [2.75, 3.05) is 11.9 Å². The summed E-state index contributed by atoms with van der Waals surface area (Å²) >= 11 is 0. The van der Waals surface area contributed by atoms with Gasteiger partial charge in [0.25, 0.3) is 5.91 Å². The largest absolute Gasteiger partial charge is 0.459 e. The molecule has 1 aromatic heterocycles. The van der Waals surface area contributed by atoms with E-state index in [0.717, 1.165) is 28.8 Å². The zero-order valence-electron chi connectivity index (χ0n) is 18.1. The molecule has 0 saturated heterocycles. The Morgan fingerprint density at radius 1 is 0.818 bits per heavy atom. The van der Waals surface area contributed by atoms with Gasteiger partial charge in [0.15, 0.2) is 5.76 Å². The highest BCUT2D eigenvalue weighted by Gasteiger charge is 2.25. The third kappa shape index (κ3) is 4.44. The zero-order valence-corrected chi connectivity index (χ0v) is 18.1. The van der Waals surface area contributed by atoms with E-state index in [9.17, 15) is 9.59 Å². The Bertz CT molecular complexity index is 1210. The lowest BCUT2D eigenvalue weighted by Crippen LogP contribution is -2.35. The predicted octanol–water partition coefficient (Wildman–Crippen LogP) is 5.25. The number of rotatable bonds is 5. The number of hydrogen-bond donors (Lipinski definition) is 1. The molecule has 1 aliphatic rings. The molecule has 0 radical (unpaired) electrons. The van der Waals surface area contributed by atoms with Crippen LogP contribution >= 0.6 is 0 Å². The molecule has 164 valence electrons. The normalized spacial score (nSPS) is 12.9. The van der Waals surface area contributed by atoms with Crippen molar-refractivity contribution >= 4 is 17.5 Å². The van der Waals surface area contributed by atoms with Gasteiger partial charge in [0.2, 0.25) is 5.91 Å². The molecule has 2 heterocycles. The Morgan fingerprint density at radius 3 is 2.15 bits per heavy atom. The van der Waals surface area contributed by atoms with Crippen molar-refractivity contribution < 1.29 is 14.0 Å². The van der Waals surface area contributed by atoms with E-state index in [1.807, 2.05) is 78.9 Å². The van der Waals surface area contributed by atoms with Gasteiger partial charge in [-0.15, -0.1) is 0 Å². The maximum absolute atomic E-state index is 13.4. The number of hydrogen-bond acceptors (Lipinski definition) is 3. The summed E-state index contributed by atoms with van der Waals surface area (Å²) in [4.78, 5) is 27.9. The molecule has 4 aromatic rings. The first-order valence-corrected chi connectivity index (χ1v) is 11.0. The van der Waals surface area contributed by atoms with Gasteiger partial charge in [-0.2, -0.15) is 0 Å². The maximum Gasteiger partial charge on any atom is 0.289 e. The molecule has 0 aliphatic carbocycles. The van der Waals surface area contributed by atoms with Crippen molar-refractivity contribution in [1.82, 2.24) is 4.90 Å². The summed E-state index contributed by atoms with van der Waals surface area (Å²) in [7, 11) is 0. The molecule has 1 aliphatic heterocycles. The van der Waals surface area contributed by atoms with Crippen LogP contribution in [0.1, 0.15) is 38.7 Å². The van der Waals surface area contributed by atoms with Crippen molar-refractivity contribution in [3.05, 3.63) is 125 Å². The molecule has 1 N–H and O–H groups in total. The minimum absolute atomic E-state index is 0.0910. The van der Waals surface area contributed by atoms with Crippen molar-refractivity contribution in [2.24, 2.45) is 0 Å². The summed E-state index contributed by atoms with van der Waals surface area (Å²) in [5, 5.41) is 3.10.